The van der Waals surface area contributed by atoms with Gasteiger partial charge in [-0.15, -0.1) is 11.8 Å². The Bertz CT molecular complexity index is 423. The molecule has 9 heteroatoms. The van der Waals surface area contributed by atoms with Crippen LogP contribution in [0.5, 0.6) is 0 Å². The molecular weight excluding hydrogens is 276 g/mol. The first-order valence-electron chi connectivity index (χ1n) is 5.00. The zero-order valence-electron chi connectivity index (χ0n) is 8.62. The first-order chi connectivity index (χ1) is 7.85. The van der Waals surface area contributed by atoms with E-state index in [2.05, 4.69) is 0 Å². The van der Waals surface area contributed by atoms with Crippen molar-refractivity contribution in [3.05, 3.63) is 0 Å². The average molecular weight is 287 g/mol. The minimum Gasteiger partial charge on any atom is -0.480 e. The molecule has 1 N–H and O–H groups in total. The zero-order chi connectivity index (χ0) is 12.8. The summed E-state index contributed by atoms with van der Waals surface area (Å²) < 4.78 is 48.5. The second kappa shape index (κ2) is 4.36. The van der Waals surface area contributed by atoms with E-state index in [1.807, 2.05) is 0 Å². The number of sulfonamides is 1. The van der Waals surface area contributed by atoms with Crippen LogP contribution in [0.3, 0.4) is 0 Å². The molecule has 2 unspecified atom stereocenters. The normalized spacial score (nSPS) is 31.0. The molecule has 0 aromatic rings. The number of carboxylic acids is 1. The molecule has 1 heterocycles. The van der Waals surface area contributed by atoms with Crippen molar-refractivity contribution in [2.75, 3.05) is 5.75 Å². The Morgan fingerprint density at radius 3 is 2.41 bits per heavy atom. The van der Waals surface area contributed by atoms with Gasteiger partial charge in [-0.05, 0) is 18.8 Å². The van der Waals surface area contributed by atoms with Gasteiger partial charge in [-0.1, -0.05) is 0 Å². The molecule has 0 spiro atoms. The van der Waals surface area contributed by atoms with E-state index >= 15 is 0 Å². The van der Waals surface area contributed by atoms with Crippen molar-refractivity contribution in [2.45, 2.75) is 30.0 Å². The molecule has 2 fully saturated rings. The van der Waals surface area contributed by atoms with E-state index in [9.17, 15) is 22.0 Å². The van der Waals surface area contributed by atoms with Crippen molar-refractivity contribution in [3.63, 3.8) is 0 Å². The SMILES string of the molecule is O=C(O)C1CSC(C2CC2)N1S(=O)(=O)C(F)F. The smallest absolute Gasteiger partial charge is 0.350 e. The molecule has 1 aliphatic carbocycles. The van der Waals surface area contributed by atoms with Crippen molar-refractivity contribution in [2.24, 2.45) is 5.92 Å². The third-order valence-electron chi connectivity index (χ3n) is 2.81. The Morgan fingerprint density at radius 2 is 2.00 bits per heavy atom. The number of carboxylic acid groups (broad SMARTS) is 1. The minimum atomic E-state index is -4.83. The molecule has 0 bridgehead atoms. The van der Waals surface area contributed by atoms with E-state index in [0.29, 0.717) is 4.31 Å². The van der Waals surface area contributed by atoms with Crippen LogP contribution in [0.4, 0.5) is 8.78 Å². The van der Waals surface area contributed by atoms with E-state index in [0.717, 1.165) is 24.6 Å². The summed E-state index contributed by atoms with van der Waals surface area (Å²) in [4.78, 5) is 10.9. The second-order valence-electron chi connectivity index (χ2n) is 4.05. The molecule has 98 valence electrons. The van der Waals surface area contributed by atoms with Crippen LogP contribution >= 0.6 is 11.8 Å². The summed E-state index contributed by atoms with van der Waals surface area (Å²) in [6.07, 6.45) is 1.53. The van der Waals surface area contributed by atoms with Gasteiger partial charge in [0, 0.05) is 5.75 Å². The number of nitrogens with zero attached hydrogens (tertiary/aromatic N) is 1. The molecule has 1 saturated heterocycles. The van der Waals surface area contributed by atoms with Crippen molar-refractivity contribution < 1.29 is 27.1 Å². The van der Waals surface area contributed by atoms with Crippen LogP contribution in [-0.2, 0) is 14.8 Å². The molecule has 1 saturated carbocycles. The third kappa shape index (κ3) is 2.27. The lowest BCUT2D eigenvalue weighted by Crippen LogP contribution is -2.48. The van der Waals surface area contributed by atoms with E-state index in [4.69, 9.17) is 5.11 Å². The summed E-state index contributed by atoms with van der Waals surface area (Å²) in [5, 5.41) is 8.24. The van der Waals surface area contributed by atoms with E-state index in [-0.39, 0.29) is 11.7 Å². The third-order valence-corrected chi connectivity index (χ3v) is 5.93. The van der Waals surface area contributed by atoms with Gasteiger partial charge in [0.15, 0.2) is 0 Å². The first-order valence-corrected chi connectivity index (χ1v) is 7.56. The van der Waals surface area contributed by atoms with Gasteiger partial charge in [0.25, 0.3) is 10.0 Å². The lowest BCUT2D eigenvalue weighted by Gasteiger charge is -2.25. The number of halogens is 2. The lowest BCUT2D eigenvalue weighted by molar-refractivity contribution is -0.140. The van der Waals surface area contributed by atoms with Crippen LogP contribution < -0.4 is 0 Å². The fourth-order valence-corrected chi connectivity index (χ4v) is 5.16. The Kier molecular flexibility index (Phi) is 3.34. The lowest BCUT2D eigenvalue weighted by atomic mass is 10.3. The Labute approximate surface area is 101 Å². The molecular formula is C8H11F2NO4S2. The molecule has 0 amide bonds. The van der Waals surface area contributed by atoms with E-state index in [1.54, 1.807) is 0 Å². The van der Waals surface area contributed by atoms with Gasteiger partial charge in [0.2, 0.25) is 0 Å². The van der Waals surface area contributed by atoms with Gasteiger partial charge in [-0.3, -0.25) is 4.79 Å². The number of rotatable bonds is 4. The van der Waals surface area contributed by atoms with Crippen LogP contribution in [0.15, 0.2) is 0 Å². The fraction of sp³-hybridized carbons (Fsp3) is 0.875. The average Bonchev–Trinajstić information content (AvgIpc) is 2.95. The maximum atomic E-state index is 12.5. The van der Waals surface area contributed by atoms with Gasteiger partial charge < -0.3 is 5.11 Å². The van der Waals surface area contributed by atoms with Crippen LogP contribution in [0, 0.1) is 5.92 Å². The monoisotopic (exact) mass is 287 g/mol. The number of alkyl halides is 2. The van der Waals surface area contributed by atoms with Crippen molar-refractivity contribution in [1.29, 1.82) is 0 Å². The second-order valence-corrected chi connectivity index (χ2v) is 7.01. The predicted octanol–water partition coefficient (Wildman–Crippen LogP) is 0.777. The Balaban J connectivity index is 2.32. The minimum absolute atomic E-state index is 0.0119. The molecule has 0 radical (unpaired) electrons. The molecule has 0 aromatic heterocycles. The zero-order valence-corrected chi connectivity index (χ0v) is 10.3. The topological polar surface area (TPSA) is 74.7 Å². The maximum absolute atomic E-state index is 12.5. The summed E-state index contributed by atoms with van der Waals surface area (Å²) in [5.41, 5.74) is 0. The van der Waals surface area contributed by atoms with Gasteiger partial charge in [0.05, 0.1) is 5.37 Å². The largest absolute Gasteiger partial charge is 0.480 e. The quantitative estimate of drug-likeness (QED) is 0.827. The predicted molar refractivity (Wildman–Crippen MR) is 57.2 cm³/mol. The number of thioether (sulfide) groups is 1. The summed E-state index contributed by atoms with van der Waals surface area (Å²) in [7, 11) is -4.83. The van der Waals surface area contributed by atoms with Crippen LogP contribution in [0.2, 0.25) is 0 Å². The number of carbonyl (C=O) groups is 1. The maximum Gasteiger partial charge on any atom is 0.350 e. The van der Waals surface area contributed by atoms with Gasteiger partial charge in [-0.2, -0.15) is 13.1 Å². The molecule has 5 nitrogen and oxygen atoms in total. The molecule has 2 atom stereocenters. The molecule has 2 rings (SSSR count). The standard InChI is InChI=1S/C8H11F2NO4S2/c9-8(10)17(14,15)11-5(7(12)13)3-16-6(11)4-1-2-4/h4-6,8H,1-3H2,(H,12,13). The summed E-state index contributed by atoms with van der Waals surface area (Å²) >= 11 is 1.13. The highest BCUT2D eigenvalue weighted by atomic mass is 32.2. The van der Waals surface area contributed by atoms with Crippen molar-refractivity contribution >= 4 is 27.8 Å². The molecule has 0 aromatic carbocycles. The van der Waals surface area contributed by atoms with Crippen LogP contribution in [-0.4, -0.2) is 46.7 Å². The van der Waals surface area contributed by atoms with Crippen LogP contribution in [0.25, 0.3) is 0 Å². The Hall–Kier alpha value is -0.410. The van der Waals surface area contributed by atoms with Gasteiger partial charge in [0.1, 0.15) is 6.04 Å². The highest BCUT2D eigenvalue weighted by molar-refractivity contribution is 8.01. The number of aliphatic carboxylic acids is 1. The van der Waals surface area contributed by atoms with Crippen molar-refractivity contribution in [1.82, 2.24) is 4.31 Å². The Morgan fingerprint density at radius 1 is 1.41 bits per heavy atom. The van der Waals surface area contributed by atoms with Crippen molar-refractivity contribution in [3.8, 4) is 0 Å². The summed E-state index contributed by atoms with van der Waals surface area (Å²) in [6.45, 7) is 0. The first kappa shape index (κ1) is 13.0. The number of hydrogen-bond donors (Lipinski definition) is 1. The van der Waals surface area contributed by atoms with Gasteiger partial charge in [-0.25, -0.2) is 8.42 Å². The summed E-state index contributed by atoms with van der Waals surface area (Å²) in [6, 6.07) is -1.37. The fourth-order valence-electron chi connectivity index (χ4n) is 1.83. The number of hydrogen-bond acceptors (Lipinski definition) is 4. The van der Waals surface area contributed by atoms with Gasteiger partial charge >= 0.3 is 11.7 Å². The highest BCUT2D eigenvalue weighted by Crippen LogP contribution is 2.47. The van der Waals surface area contributed by atoms with E-state index < -0.39 is 33.2 Å². The molecule has 2 aliphatic rings. The molecule has 17 heavy (non-hydrogen) atoms. The highest BCUT2D eigenvalue weighted by Gasteiger charge is 2.53. The van der Waals surface area contributed by atoms with E-state index in [1.165, 1.54) is 0 Å². The van der Waals surface area contributed by atoms with Crippen LogP contribution in [0.1, 0.15) is 12.8 Å². The molecule has 1 aliphatic heterocycles. The summed E-state index contributed by atoms with van der Waals surface area (Å²) in [5.74, 6) is -4.89.